The van der Waals surface area contributed by atoms with Crippen LogP contribution < -0.4 is 0 Å². The van der Waals surface area contributed by atoms with Crippen molar-refractivity contribution in [1.29, 1.82) is 0 Å². The van der Waals surface area contributed by atoms with Gasteiger partial charge in [0.15, 0.2) is 11.0 Å². The molecule has 3 aromatic rings. The molecule has 0 spiro atoms. The van der Waals surface area contributed by atoms with Gasteiger partial charge in [-0.15, -0.1) is 21.5 Å². The van der Waals surface area contributed by atoms with E-state index in [-0.39, 0.29) is 11.2 Å². The summed E-state index contributed by atoms with van der Waals surface area (Å²) in [7, 11) is 3.77. The number of hydrogen-bond acceptors (Lipinski definition) is 5. The number of amides is 1. The number of rotatable bonds is 6. The Balaban J connectivity index is 1.65. The molecule has 1 amide bonds. The molecule has 7 heteroatoms. The largest absolute Gasteiger partial charge is 0.340 e. The Morgan fingerprint density at radius 2 is 2.00 bits per heavy atom. The zero-order valence-corrected chi connectivity index (χ0v) is 16.0. The highest BCUT2D eigenvalue weighted by Crippen LogP contribution is 2.28. The fraction of sp³-hybridized carbons (Fsp3) is 0.278. The maximum absolute atomic E-state index is 12.6. The van der Waals surface area contributed by atoms with Gasteiger partial charge >= 0.3 is 0 Å². The van der Waals surface area contributed by atoms with Gasteiger partial charge in [-0.3, -0.25) is 4.79 Å². The van der Waals surface area contributed by atoms with E-state index in [4.69, 9.17) is 0 Å². The van der Waals surface area contributed by atoms with Crippen molar-refractivity contribution in [3.05, 3.63) is 53.4 Å². The molecule has 0 aliphatic rings. The van der Waals surface area contributed by atoms with E-state index in [1.807, 2.05) is 73.4 Å². The zero-order chi connectivity index (χ0) is 17.8. The van der Waals surface area contributed by atoms with Crippen molar-refractivity contribution in [3.8, 4) is 10.7 Å². The highest BCUT2D eigenvalue weighted by atomic mass is 32.2. The van der Waals surface area contributed by atoms with Gasteiger partial charge in [-0.25, -0.2) is 0 Å². The highest BCUT2D eigenvalue weighted by molar-refractivity contribution is 8.00. The van der Waals surface area contributed by atoms with E-state index in [0.29, 0.717) is 6.54 Å². The summed E-state index contributed by atoms with van der Waals surface area (Å²) in [5, 5.41) is 11.0. The molecule has 2 heterocycles. The van der Waals surface area contributed by atoms with Crippen LogP contribution in [0.4, 0.5) is 0 Å². The summed E-state index contributed by atoms with van der Waals surface area (Å²) in [6.45, 7) is 2.51. The van der Waals surface area contributed by atoms with Gasteiger partial charge in [-0.1, -0.05) is 48.2 Å². The van der Waals surface area contributed by atoms with Crippen LogP contribution in [0.5, 0.6) is 0 Å². The molecule has 0 bridgehead atoms. The minimum atomic E-state index is -0.229. The van der Waals surface area contributed by atoms with Crippen LogP contribution in [0, 0.1) is 0 Å². The number of benzene rings is 1. The number of carbonyl (C=O) groups is 1. The Hall–Kier alpha value is -2.12. The Kier molecular flexibility index (Phi) is 5.55. The fourth-order valence-electron chi connectivity index (χ4n) is 2.49. The molecule has 25 heavy (non-hydrogen) atoms. The van der Waals surface area contributed by atoms with Crippen molar-refractivity contribution in [3.63, 3.8) is 0 Å². The lowest BCUT2D eigenvalue weighted by atomic mass is 10.2. The maximum Gasteiger partial charge on any atom is 0.235 e. The third-order valence-electron chi connectivity index (χ3n) is 3.85. The summed E-state index contributed by atoms with van der Waals surface area (Å²) in [4.78, 5) is 15.5. The summed E-state index contributed by atoms with van der Waals surface area (Å²) in [5.41, 5.74) is 1.12. The minimum absolute atomic E-state index is 0.0783. The van der Waals surface area contributed by atoms with E-state index in [0.717, 1.165) is 21.4 Å². The Labute approximate surface area is 155 Å². The van der Waals surface area contributed by atoms with Gasteiger partial charge in [0.1, 0.15) is 0 Å². The second-order valence-corrected chi connectivity index (χ2v) is 8.04. The van der Waals surface area contributed by atoms with Gasteiger partial charge in [0, 0.05) is 20.6 Å². The smallest absolute Gasteiger partial charge is 0.235 e. The third-order valence-corrected chi connectivity index (χ3v) is 5.83. The zero-order valence-electron chi connectivity index (χ0n) is 14.4. The Morgan fingerprint density at radius 3 is 2.68 bits per heavy atom. The van der Waals surface area contributed by atoms with E-state index in [9.17, 15) is 4.79 Å². The van der Waals surface area contributed by atoms with Gasteiger partial charge in [0.25, 0.3) is 0 Å². The lowest BCUT2D eigenvalue weighted by Gasteiger charge is -2.21. The standard InChI is InChI=1S/C18H20N4OS2/c1-13(17(23)21(2)12-14-8-5-4-6-9-14)25-18-20-19-16(22(18)3)15-10-7-11-24-15/h4-11,13H,12H2,1-3H3. The average Bonchev–Trinajstić information content (AvgIpc) is 3.25. The van der Waals surface area contributed by atoms with Gasteiger partial charge in [-0.05, 0) is 23.9 Å². The van der Waals surface area contributed by atoms with Crippen molar-refractivity contribution in [2.45, 2.75) is 23.9 Å². The predicted octanol–water partition coefficient (Wildman–Crippen LogP) is 3.68. The molecule has 0 radical (unpaired) electrons. The molecule has 1 aromatic carbocycles. The van der Waals surface area contributed by atoms with Crippen molar-refractivity contribution >= 4 is 29.0 Å². The summed E-state index contributed by atoms with van der Waals surface area (Å²) >= 11 is 3.07. The number of thioether (sulfide) groups is 1. The van der Waals surface area contributed by atoms with Crippen LogP contribution in [0.15, 0.2) is 53.0 Å². The van der Waals surface area contributed by atoms with Gasteiger partial charge in [-0.2, -0.15) is 0 Å². The third kappa shape index (κ3) is 4.11. The van der Waals surface area contributed by atoms with Crippen LogP contribution in [-0.4, -0.2) is 37.9 Å². The SMILES string of the molecule is CC(Sc1nnc(-c2cccs2)n1C)C(=O)N(C)Cc1ccccc1. The van der Waals surface area contributed by atoms with Gasteiger partial charge in [0.2, 0.25) is 5.91 Å². The normalized spacial score (nSPS) is 12.1. The lowest BCUT2D eigenvalue weighted by molar-refractivity contribution is -0.129. The van der Waals surface area contributed by atoms with E-state index >= 15 is 0 Å². The Morgan fingerprint density at radius 1 is 1.24 bits per heavy atom. The maximum atomic E-state index is 12.6. The topological polar surface area (TPSA) is 51.0 Å². The number of hydrogen-bond donors (Lipinski definition) is 0. The fourth-order valence-corrected chi connectivity index (χ4v) is 4.17. The van der Waals surface area contributed by atoms with Crippen LogP contribution in [0.2, 0.25) is 0 Å². The first-order valence-electron chi connectivity index (χ1n) is 7.95. The van der Waals surface area contributed by atoms with Gasteiger partial charge < -0.3 is 9.47 Å². The van der Waals surface area contributed by atoms with Gasteiger partial charge in [0.05, 0.1) is 10.1 Å². The lowest BCUT2D eigenvalue weighted by Crippen LogP contribution is -2.32. The van der Waals surface area contributed by atoms with Crippen LogP contribution >= 0.6 is 23.1 Å². The molecule has 1 atom stereocenters. The van der Waals surface area contributed by atoms with Crippen LogP contribution in [0.3, 0.4) is 0 Å². The van der Waals surface area contributed by atoms with E-state index in [1.165, 1.54) is 11.8 Å². The number of nitrogens with zero attached hydrogens (tertiary/aromatic N) is 4. The number of aromatic nitrogens is 3. The first-order valence-corrected chi connectivity index (χ1v) is 9.71. The monoisotopic (exact) mass is 372 g/mol. The molecule has 0 N–H and O–H groups in total. The van der Waals surface area contributed by atoms with Crippen LogP contribution in [-0.2, 0) is 18.4 Å². The van der Waals surface area contributed by atoms with Crippen molar-refractivity contribution in [2.24, 2.45) is 7.05 Å². The number of carbonyl (C=O) groups excluding carboxylic acids is 1. The van der Waals surface area contributed by atoms with Crippen molar-refractivity contribution in [1.82, 2.24) is 19.7 Å². The molecule has 3 rings (SSSR count). The van der Waals surface area contributed by atoms with Crippen molar-refractivity contribution < 1.29 is 4.79 Å². The summed E-state index contributed by atoms with van der Waals surface area (Å²) in [6, 6.07) is 14.0. The highest BCUT2D eigenvalue weighted by Gasteiger charge is 2.22. The molecule has 2 aromatic heterocycles. The molecule has 1 unspecified atom stereocenters. The van der Waals surface area contributed by atoms with Crippen LogP contribution in [0.25, 0.3) is 10.7 Å². The van der Waals surface area contributed by atoms with E-state index < -0.39 is 0 Å². The molecular weight excluding hydrogens is 352 g/mol. The molecular formula is C18H20N4OS2. The molecule has 0 aliphatic carbocycles. The molecule has 0 saturated heterocycles. The van der Waals surface area contributed by atoms with E-state index in [1.54, 1.807) is 16.2 Å². The van der Waals surface area contributed by atoms with Crippen molar-refractivity contribution in [2.75, 3.05) is 7.05 Å². The molecule has 130 valence electrons. The summed E-state index contributed by atoms with van der Waals surface area (Å²) < 4.78 is 1.94. The molecule has 0 saturated carbocycles. The summed E-state index contributed by atoms with van der Waals surface area (Å²) in [6.07, 6.45) is 0. The van der Waals surface area contributed by atoms with Crippen LogP contribution in [0.1, 0.15) is 12.5 Å². The second-order valence-electron chi connectivity index (χ2n) is 5.78. The molecule has 0 fully saturated rings. The minimum Gasteiger partial charge on any atom is -0.340 e. The molecule has 0 aliphatic heterocycles. The Bertz CT molecular complexity index is 830. The number of thiophene rings is 1. The first kappa shape index (κ1) is 17.7. The van der Waals surface area contributed by atoms with E-state index in [2.05, 4.69) is 10.2 Å². The molecule has 5 nitrogen and oxygen atoms in total. The summed E-state index contributed by atoms with van der Waals surface area (Å²) in [5.74, 6) is 0.907. The predicted molar refractivity (Wildman–Crippen MR) is 103 cm³/mol. The first-order chi connectivity index (χ1) is 12.1. The second kappa shape index (κ2) is 7.84. The quantitative estimate of drug-likeness (QED) is 0.619. The average molecular weight is 373 g/mol.